The summed E-state index contributed by atoms with van der Waals surface area (Å²) in [7, 11) is 0. The van der Waals surface area contributed by atoms with Crippen molar-refractivity contribution < 1.29 is 13.5 Å². The Morgan fingerprint density at radius 2 is 1.68 bits per heavy atom. The summed E-state index contributed by atoms with van der Waals surface area (Å²) < 4.78 is 32.8. The highest BCUT2D eigenvalue weighted by atomic mass is 35.5. The lowest BCUT2D eigenvalue weighted by atomic mass is 9.89. The summed E-state index contributed by atoms with van der Waals surface area (Å²) in [5.41, 5.74) is 3.10. The number of piperazine rings is 1. The monoisotopic (exact) mass is 430 g/mol. The van der Waals surface area contributed by atoms with Crippen molar-refractivity contribution in [3.05, 3.63) is 70.8 Å². The molecular formula is C21H26Cl2F2N2O. The van der Waals surface area contributed by atoms with Gasteiger partial charge in [0.05, 0.1) is 18.8 Å². The van der Waals surface area contributed by atoms with Crippen molar-refractivity contribution in [2.45, 2.75) is 25.0 Å². The molecule has 1 aliphatic heterocycles. The van der Waals surface area contributed by atoms with Gasteiger partial charge in [0.1, 0.15) is 11.6 Å². The van der Waals surface area contributed by atoms with Gasteiger partial charge >= 0.3 is 0 Å². The van der Waals surface area contributed by atoms with Gasteiger partial charge in [-0.15, -0.1) is 24.8 Å². The number of hydrogen-bond acceptors (Lipinski definition) is 3. The van der Waals surface area contributed by atoms with Gasteiger partial charge in [-0.25, -0.2) is 8.78 Å². The largest absolute Gasteiger partial charge is 0.374 e. The summed E-state index contributed by atoms with van der Waals surface area (Å²) >= 11 is 0. The van der Waals surface area contributed by atoms with Crippen LogP contribution in [0.1, 0.15) is 23.1 Å². The van der Waals surface area contributed by atoms with Gasteiger partial charge in [-0.1, -0.05) is 24.3 Å². The van der Waals surface area contributed by atoms with E-state index >= 15 is 0 Å². The molecular weight excluding hydrogens is 405 g/mol. The van der Waals surface area contributed by atoms with E-state index in [2.05, 4.69) is 34.5 Å². The quantitative estimate of drug-likeness (QED) is 0.773. The highest BCUT2D eigenvalue weighted by Gasteiger charge is 2.44. The fraction of sp³-hybridized carbons (Fsp3) is 0.429. The van der Waals surface area contributed by atoms with Crippen molar-refractivity contribution in [1.29, 1.82) is 0 Å². The molecule has 0 bridgehead atoms. The minimum absolute atomic E-state index is 0. The summed E-state index contributed by atoms with van der Waals surface area (Å²) in [6, 6.07) is 12.1. The number of nitrogens with one attached hydrogen (secondary N) is 1. The molecule has 3 nitrogen and oxygen atoms in total. The van der Waals surface area contributed by atoms with Crippen molar-refractivity contribution in [3.8, 4) is 0 Å². The Morgan fingerprint density at radius 3 is 2.39 bits per heavy atom. The minimum atomic E-state index is -0.563. The van der Waals surface area contributed by atoms with E-state index in [0.717, 1.165) is 45.1 Å². The molecule has 1 atom stereocenters. The molecule has 4 rings (SSSR count). The smallest absolute Gasteiger partial charge is 0.126 e. The SMILES string of the molecule is Cl.Cl.Fc1cc(F)cc(COC[C@]2(N3CCNCC3)CCc3ccccc32)c1. The van der Waals surface area contributed by atoms with Crippen LogP contribution in [0.5, 0.6) is 0 Å². The first-order valence-electron chi connectivity index (χ1n) is 9.24. The number of nitrogens with zero attached hydrogens (tertiary/aromatic N) is 1. The molecule has 2 aromatic carbocycles. The van der Waals surface area contributed by atoms with Gasteiger partial charge in [0, 0.05) is 32.2 Å². The van der Waals surface area contributed by atoms with Gasteiger partial charge in [0.25, 0.3) is 0 Å². The molecule has 0 radical (unpaired) electrons. The van der Waals surface area contributed by atoms with Gasteiger partial charge in [0.15, 0.2) is 0 Å². The third-order valence-corrected chi connectivity index (χ3v) is 5.58. The Balaban J connectivity index is 0.00000140. The van der Waals surface area contributed by atoms with E-state index in [9.17, 15) is 8.78 Å². The second kappa shape index (κ2) is 9.99. The lowest BCUT2D eigenvalue weighted by molar-refractivity contribution is -0.0241. The number of ether oxygens (including phenoxy) is 1. The first-order valence-corrected chi connectivity index (χ1v) is 9.24. The van der Waals surface area contributed by atoms with E-state index in [1.165, 1.54) is 23.3 Å². The Morgan fingerprint density at radius 1 is 1.00 bits per heavy atom. The normalized spacial score (nSPS) is 21.5. The molecule has 154 valence electrons. The molecule has 0 amide bonds. The van der Waals surface area contributed by atoms with Crippen LogP contribution in [0.25, 0.3) is 0 Å². The molecule has 28 heavy (non-hydrogen) atoms. The van der Waals surface area contributed by atoms with Gasteiger partial charge in [-0.05, 0) is 41.7 Å². The molecule has 0 aromatic heterocycles. The maximum atomic E-state index is 13.4. The van der Waals surface area contributed by atoms with E-state index in [4.69, 9.17) is 4.74 Å². The standard InChI is InChI=1S/C21H24F2N2O.2ClH/c22-18-11-16(12-19(23)13-18)14-26-15-21(25-9-7-24-8-10-25)6-5-17-3-1-2-4-20(17)21;;/h1-4,11-13,24H,5-10,14-15H2;2*1H/t21-;;/m1../s1. The summed E-state index contributed by atoms with van der Waals surface area (Å²) in [6.45, 7) is 4.64. The van der Waals surface area contributed by atoms with Crippen LogP contribution in [0, 0.1) is 11.6 Å². The van der Waals surface area contributed by atoms with E-state index < -0.39 is 11.6 Å². The Labute approximate surface area is 177 Å². The molecule has 2 aliphatic rings. The van der Waals surface area contributed by atoms with Crippen LogP contribution in [0.15, 0.2) is 42.5 Å². The molecule has 1 heterocycles. The average Bonchev–Trinajstić information content (AvgIpc) is 3.02. The second-order valence-corrected chi connectivity index (χ2v) is 7.20. The highest BCUT2D eigenvalue weighted by Crippen LogP contribution is 2.42. The van der Waals surface area contributed by atoms with Crippen molar-refractivity contribution >= 4 is 24.8 Å². The van der Waals surface area contributed by atoms with Gasteiger partial charge in [-0.3, -0.25) is 4.90 Å². The van der Waals surface area contributed by atoms with Crippen LogP contribution in [-0.4, -0.2) is 37.7 Å². The maximum absolute atomic E-state index is 13.4. The van der Waals surface area contributed by atoms with Crippen LogP contribution in [0.3, 0.4) is 0 Å². The Hall–Kier alpha value is -1.24. The zero-order valence-electron chi connectivity index (χ0n) is 15.6. The van der Waals surface area contributed by atoms with Crippen molar-refractivity contribution in [1.82, 2.24) is 10.2 Å². The lowest BCUT2D eigenvalue weighted by Crippen LogP contribution is -2.55. The van der Waals surface area contributed by atoms with Crippen molar-refractivity contribution in [2.24, 2.45) is 0 Å². The third-order valence-electron chi connectivity index (χ3n) is 5.58. The number of benzene rings is 2. The zero-order chi connectivity index (χ0) is 18.0. The molecule has 1 fully saturated rings. The Bertz CT molecular complexity index is 767. The van der Waals surface area contributed by atoms with Crippen LogP contribution >= 0.6 is 24.8 Å². The number of rotatable bonds is 5. The average molecular weight is 431 g/mol. The summed E-state index contributed by atoms with van der Waals surface area (Å²) in [4.78, 5) is 2.52. The fourth-order valence-corrected chi connectivity index (χ4v) is 4.36. The molecule has 2 aromatic rings. The van der Waals surface area contributed by atoms with Crippen molar-refractivity contribution in [2.75, 3.05) is 32.8 Å². The van der Waals surface area contributed by atoms with Gasteiger partial charge < -0.3 is 10.1 Å². The Kier molecular flexibility index (Phi) is 8.22. The molecule has 1 aliphatic carbocycles. The first kappa shape index (κ1) is 23.0. The predicted molar refractivity (Wildman–Crippen MR) is 111 cm³/mol. The summed E-state index contributed by atoms with van der Waals surface area (Å²) in [5, 5.41) is 3.41. The van der Waals surface area contributed by atoms with Crippen molar-refractivity contribution in [3.63, 3.8) is 0 Å². The molecule has 0 saturated carbocycles. The van der Waals surface area contributed by atoms with E-state index in [1.807, 2.05) is 0 Å². The van der Waals surface area contributed by atoms with Crippen LogP contribution < -0.4 is 5.32 Å². The predicted octanol–water partition coefficient (Wildman–Crippen LogP) is 4.07. The van der Waals surface area contributed by atoms with E-state index in [0.29, 0.717) is 12.2 Å². The maximum Gasteiger partial charge on any atom is 0.126 e. The number of aryl methyl sites for hydroxylation is 1. The van der Waals surface area contributed by atoms with Crippen LogP contribution in [0.4, 0.5) is 8.78 Å². The molecule has 1 saturated heterocycles. The van der Waals surface area contributed by atoms with Crippen LogP contribution in [0.2, 0.25) is 0 Å². The van der Waals surface area contributed by atoms with E-state index in [-0.39, 0.29) is 37.0 Å². The van der Waals surface area contributed by atoms with Gasteiger partial charge in [-0.2, -0.15) is 0 Å². The lowest BCUT2D eigenvalue weighted by Gasteiger charge is -2.44. The summed E-state index contributed by atoms with van der Waals surface area (Å²) in [5.74, 6) is -1.13. The number of fused-ring (bicyclic) bond motifs is 1. The van der Waals surface area contributed by atoms with Gasteiger partial charge in [0.2, 0.25) is 0 Å². The topological polar surface area (TPSA) is 24.5 Å². The minimum Gasteiger partial charge on any atom is -0.374 e. The van der Waals surface area contributed by atoms with Crippen LogP contribution in [-0.2, 0) is 23.3 Å². The zero-order valence-corrected chi connectivity index (χ0v) is 17.3. The highest BCUT2D eigenvalue weighted by molar-refractivity contribution is 5.85. The number of hydrogen-bond donors (Lipinski definition) is 1. The molecule has 0 spiro atoms. The second-order valence-electron chi connectivity index (χ2n) is 7.20. The van der Waals surface area contributed by atoms with E-state index in [1.54, 1.807) is 0 Å². The molecule has 0 unspecified atom stereocenters. The fourth-order valence-electron chi connectivity index (χ4n) is 4.36. The molecule has 7 heteroatoms. The third kappa shape index (κ3) is 4.66. The number of halogens is 4. The molecule has 1 N–H and O–H groups in total. The first-order chi connectivity index (χ1) is 12.7. The summed E-state index contributed by atoms with van der Waals surface area (Å²) in [6.07, 6.45) is 2.06.